The second-order valence-corrected chi connectivity index (χ2v) is 9.56. The highest BCUT2D eigenvalue weighted by Crippen LogP contribution is 2.47. The molecule has 0 radical (unpaired) electrons. The van der Waals surface area contributed by atoms with Crippen molar-refractivity contribution in [3.05, 3.63) is 5.82 Å². The normalized spacial score (nSPS) is 27.4. The number of aromatic nitrogens is 2. The van der Waals surface area contributed by atoms with Gasteiger partial charge in [-0.2, -0.15) is 4.37 Å². The summed E-state index contributed by atoms with van der Waals surface area (Å²) in [4.78, 5) is 4.48. The van der Waals surface area contributed by atoms with Crippen LogP contribution in [0.2, 0.25) is 0 Å². The molecule has 1 saturated heterocycles. The highest BCUT2D eigenvalue weighted by Gasteiger charge is 2.52. The Bertz CT molecular complexity index is 591. The van der Waals surface area contributed by atoms with E-state index in [-0.39, 0.29) is 6.04 Å². The molecule has 1 aromatic rings. The van der Waals surface area contributed by atoms with E-state index in [1.54, 1.807) is 0 Å². The molecule has 0 aromatic carbocycles. The second kappa shape index (κ2) is 4.94. The van der Waals surface area contributed by atoms with Gasteiger partial charge in [0.05, 0.1) is 10.5 Å². The van der Waals surface area contributed by atoms with Crippen LogP contribution in [0, 0.1) is 0 Å². The molecule has 3 rings (SSSR count). The van der Waals surface area contributed by atoms with Crippen molar-refractivity contribution in [2.24, 2.45) is 0 Å². The number of sulfone groups is 1. The molecule has 1 saturated carbocycles. The van der Waals surface area contributed by atoms with Gasteiger partial charge in [-0.1, -0.05) is 20.3 Å². The van der Waals surface area contributed by atoms with Gasteiger partial charge in [0.1, 0.15) is 5.82 Å². The summed E-state index contributed by atoms with van der Waals surface area (Å²) >= 11 is 1.38. The molecule has 1 spiro atoms. The minimum Gasteiger partial charge on any atom is -0.357 e. The van der Waals surface area contributed by atoms with Crippen LogP contribution in [0.25, 0.3) is 0 Å². The smallest absolute Gasteiger partial charge is 0.202 e. The number of nitrogens with one attached hydrogen (secondary N) is 1. The summed E-state index contributed by atoms with van der Waals surface area (Å²) in [5, 5.41) is 4.22. The van der Waals surface area contributed by atoms with Crippen LogP contribution in [0.15, 0.2) is 0 Å². The van der Waals surface area contributed by atoms with E-state index in [0.29, 0.717) is 18.1 Å². The monoisotopic (exact) mass is 315 g/mol. The Hall–Kier alpha value is -0.690. The Morgan fingerprint density at radius 3 is 2.70 bits per heavy atom. The van der Waals surface area contributed by atoms with E-state index in [4.69, 9.17) is 0 Å². The Labute approximate surface area is 124 Å². The molecule has 1 aliphatic heterocycles. The maximum atomic E-state index is 12.2. The lowest BCUT2D eigenvalue weighted by Crippen LogP contribution is -2.53. The topological polar surface area (TPSA) is 72.0 Å². The lowest BCUT2D eigenvalue weighted by atomic mass is 9.79. The van der Waals surface area contributed by atoms with Gasteiger partial charge in [0.25, 0.3) is 0 Å². The third-order valence-corrected chi connectivity index (χ3v) is 7.89. The van der Waals surface area contributed by atoms with Gasteiger partial charge in [0.15, 0.2) is 9.84 Å². The number of hydrogen-bond acceptors (Lipinski definition) is 6. The Morgan fingerprint density at radius 1 is 1.40 bits per heavy atom. The van der Waals surface area contributed by atoms with E-state index >= 15 is 0 Å². The minimum atomic E-state index is -2.89. The van der Waals surface area contributed by atoms with Crippen molar-refractivity contribution in [1.82, 2.24) is 9.36 Å². The van der Waals surface area contributed by atoms with Crippen LogP contribution < -0.4 is 5.32 Å². The molecular weight excluding hydrogens is 294 g/mol. The summed E-state index contributed by atoms with van der Waals surface area (Å²) in [5.74, 6) is 1.49. The number of nitrogens with zero attached hydrogens (tertiary/aromatic N) is 2. The number of anilines is 1. The highest BCUT2D eigenvalue weighted by molar-refractivity contribution is 7.92. The molecule has 1 N–H and O–H groups in total. The fourth-order valence-electron chi connectivity index (χ4n) is 3.10. The summed E-state index contributed by atoms with van der Waals surface area (Å²) < 4.78 is 28.3. The molecule has 0 bridgehead atoms. The Kier molecular flexibility index (Phi) is 3.52. The highest BCUT2D eigenvalue weighted by atomic mass is 32.2. The van der Waals surface area contributed by atoms with Crippen molar-refractivity contribution in [2.75, 3.05) is 11.1 Å². The van der Waals surface area contributed by atoms with Crippen molar-refractivity contribution in [2.45, 2.75) is 62.7 Å². The van der Waals surface area contributed by atoms with E-state index in [2.05, 4.69) is 28.5 Å². The van der Waals surface area contributed by atoms with Crippen LogP contribution in [-0.2, 0) is 9.84 Å². The van der Waals surface area contributed by atoms with Crippen LogP contribution in [0.5, 0.6) is 0 Å². The van der Waals surface area contributed by atoms with Crippen molar-refractivity contribution in [3.8, 4) is 0 Å². The average Bonchev–Trinajstić information content (AvgIpc) is 2.78. The first-order valence-corrected chi connectivity index (χ1v) is 9.67. The van der Waals surface area contributed by atoms with Crippen molar-refractivity contribution in [1.29, 1.82) is 0 Å². The largest absolute Gasteiger partial charge is 0.357 e. The summed E-state index contributed by atoms with van der Waals surface area (Å²) in [5.41, 5.74) is 0. The lowest BCUT2D eigenvalue weighted by molar-refractivity contribution is 0.289. The SMILES string of the molecule is CC(C)c1nsc(N[C@H]2CCS(=O)(=O)C3(CCC3)C2)n1. The Balaban J connectivity index is 1.70. The standard InChI is InChI=1S/C13H21N3O2S2/c1-9(2)11-15-12(19-16-11)14-10-4-7-20(17,18)13(8-10)5-3-6-13/h9-10H,3-8H2,1-2H3,(H,14,15,16)/t10-/m0/s1. The van der Waals surface area contributed by atoms with E-state index < -0.39 is 14.6 Å². The van der Waals surface area contributed by atoms with E-state index in [9.17, 15) is 8.42 Å². The summed E-state index contributed by atoms with van der Waals surface area (Å²) in [7, 11) is -2.89. The van der Waals surface area contributed by atoms with Gasteiger partial charge in [-0.3, -0.25) is 0 Å². The van der Waals surface area contributed by atoms with E-state index in [1.165, 1.54) is 11.5 Å². The van der Waals surface area contributed by atoms with Gasteiger partial charge in [-0.15, -0.1) is 0 Å². The number of hydrogen-bond donors (Lipinski definition) is 1. The zero-order valence-electron chi connectivity index (χ0n) is 11.9. The summed E-state index contributed by atoms with van der Waals surface area (Å²) in [6, 6.07) is 0.215. The molecule has 0 unspecified atom stereocenters. The molecular formula is C13H21N3O2S2. The zero-order chi connectivity index (χ0) is 14.4. The zero-order valence-corrected chi connectivity index (χ0v) is 13.6. The van der Waals surface area contributed by atoms with Crippen molar-refractivity contribution in [3.63, 3.8) is 0 Å². The molecule has 1 aromatic heterocycles. The first-order chi connectivity index (χ1) is 9.42. The van der Waals surface area contributed by atoms with Crippen LogP contribution in [0.4, 0.5) is 5.13 Å². The fourth-order valence-corrected chi connectivity index (χ4v) is 6.28. The molecule has 1 atom stereocenters. The first kappa shape index (κ1) is 14.3. The van der Waals surface area contributed by atoms with Crippen LogP contribution in [-0.4, -0.2) is 34.3 Å². The molecule has 7 heteroatoms. The first-order valence-electron chi connectivity index (χ1n) is 7.24. The van der Waals surface area contributed by atoms with E-state index in [1.807, 2.05) is 0 Å². The fraction of sp³-hybridized carbons (Fsp3) is 0.846. The van der Waals surface area contributed by atoms with Gasteiger partial charge >= 0.3 is 0 Å². The molecule has 2 aliphatic rings. The maximum Gasteiger partial charge on any atom is 0.202 e. The third kappa shape index (κ3) is 2.35. The molecule has 0 amide bonds. The van der Waals surface area contributed by atoms with Gasteiger partial charge < -0.3 is 5.32 Å². The molecule has 1 aliphatic carbocycles. The third-order valence-electron chi connectivity index (χ3n) is 4.56. The van der Waals surface area contributed by atoms with Crippen molar-refractivity contribution < 1.29 is 8.42 Å². The predicted octanol–water partition coefficient (Wildman–Crippen LogP) is 2.57. The van der Waals surface area contributed by atoms with Gasteiger partial charge in [-0.25, -0.2) is 13.4 Å². The lowest BCUT2D eigenvalue weighted by Gasteiger charge is -2.46. The molecule has 5 nitrogen and oxygen atoms in total. The quantitative estimate of drug-likeness (QED) is 0.928. The van der Waals surface area contributed by atoms with Gasteiger partial charge in [0.2, 0.25) is 5.13 Å². The molecule has 2 fully saturated rings. The molecule has 2 heterocycles. The van der Waals surface area contributed by atoms with E-state index in [0.717, 1.165) is 36.6 Å². The maximum absolute atomic E-state index is 12.2. The Morgan fingerprint density at radius 2 is 2.15 bits per heavy atom. The summed E-state index contributed by atoms with van der Waals surface area (Å²) in [6.07, 6.45) is 4.12. The summed E-state index contributed by atoms with van der Waals surface area (Å²) in [6.45, 7) is 4.14. The van der Waals surface area contributed by atoms with Crippen LogP contribution >= 0.6 is 11.5 Å². The van der Waals surface area contributed by atoms with Gasteiger partial charge in [0, 0.05) is 23.5 Å². The average molecular weight is 315 g/mol. The van der Waals surface area contributed by atoms with Crippen LogP contribution in [0.3, 0.4) is 0 Å². The predicted molar refractivity (Wildman–Crippen MR) is 81.0 cm³/mol. The molecule has 112 valence electrons. The molecule has 20 heavy (non-hydrogen) atoms. The second-order valence-electron chi connectivity index (χ2n) is 6.30. The number of rotatable bonds is 3. The van der Waals surface area contributed by atoms with Crippen LogP contribution in [0.1, 0.15) is 57.7 Å². The van der Waals surface area contributed by atoms with Crippen molar-refractivity contribution >= 4 is 26.5 Å². The minimum absolute atomic E-state index is 0.215. The van der Waals surface area contributed by atoms with Gasteiger partial charge in [-0.05, 0) is 25.7 Å².